The molecule has 0 aliphatic rings. The molecule has 0 fully saturated rings. The van der Waals surface area contributed by atoms with Crippen LogP contribution in [0.3, 0.4) is 0 Å². The molecule has 1 aromatic heterocycles. The van der Waals surface area contributed by atoms with Crippen LogP contribution in [0, 0.1) is 0 Å². The van der Waals surface area contributed by atoms with Gasteiger partial charge in [0, 0.05) is 24.2 Å². The smallest absolute Gasteiger partial charge is 0.204 e. The Labute approximate surface area is 166 Å². The Morgan fingerprint density at radius 3 is 2.38 bits per heavy atom. The SMILES string of the molecule is CC(C)=CCc1c(O)c(CCO)c(O)c2c(=O)c(-c3ccc(O)c(O)c3)coc12. The Balaban J connectivity index is 2.36. The molecule has 0 aliphatic carbocycles. The molecule has 29 heavy (non-hydrogen) atoms. The van der Waals surface area contributed by atoms with Gasteiger partial charge in [-0.3, -0.25) is 4.79 Å². The zero-order valence-corrected chi connectivity index (χ0v) is 16.1. The highest BCUT2D eigenvalue weighted by molar-refractivity contribution is 5.92. The van der Waals surface area contributed by atoms with Crippen LogP contribution < -0.4 is 5.43 Å². The van der Waals surface area contributed by atoms with Gasteiger partial charge in [-0.2, -0.15) is 0 Å². The maximum Gasteiger partial charge on any atom is 0.204 e. The molecule has 0 saturated carbocycles. The minimum atomic E-state index is -0.563. The van der Waals surface area contributed by atoms with Crippen LogP contribution in [0.1, 0.15) is 25.0 Å². The number of phenolic OH excluding ortho intramolecular Hbond substituents is 4. The quantitative estimate of drug-likeness (QED) is 0.329. The molecule has 0 radical (unpaired) electrons. The van der Waals surface area contributed by atoms with E-state index in [0.29, 0.717) is 5.56 Å². The van der Waals surface area contributed by atoms with Gasteiger partial charge < -0.3 is 29.9 Å². The van der Waals surface area contributed by atoms with Gasteiger partial charge in [0.15, 0.2) is 11.5 Å². The molecule has 0 aliphatic heterocycles. The lowest BCUT2D eigenvalue weighted by molar-refractivity contribution is 0.295. The van der Waals surface area contributed by atoms with Crippen molar-refractivity contribution in [1.82, 2.24) is 0 Å². The Morgan fingerprint density at radius 2 is 1.76 bits per heavy atom. The van der Waals surface area contributed by atoms with E-state index in [2.05, 4.69) is 0 Å². The highest BCUT2D eigenvalue weighted by atomic mass is 16.3. The highest BCUT2D eigenvalue weighted by Gasteiger charge is 2.23. The van der Waals surface area contributed by atoms with Crippen molar-refractivity contribution in [2.75, 3.05) is 6.61 Å². The van der Waals surface area contributed by atoms with E-state index in [0.717, 1.165) is 5.57 Å². The minimum Gasteiger partial charge on any atom is -0.507 e. The van der Waals surface area contributed by atoms with Crippen LogP contribution in [0.25, 0.3) is 22.1 Å². The zero-order valence-electron chi connectivity index (χ0n) is 16.1. The van der Waals surface area contributed by atoms with Crippen LogP contribution in [0.5, 0.6) is 23.0 Å². The molecule has 3 aromatic rings. The maximum absolute atomic E-state index is 13.2. The lowest BCUT2D eigenvalue weighted by Gasteiger charge is -2.15. The van der Waals surface area contributed by atoms with Gasteiger partial charge in [-0.05, 0) is 38.0 Å². The van der Waals surface area contributed by atoms with E-state index >= 15 is 0 Å². The van der Waals surface area contributed by atoms with Gasteiger partial charge in [-0.15, -0.1) is 0 Å². The number of hydrogen-bond acceptors (Lipinski definition) is 7. The lowest BCUT2D eigenvalue weighted by Crippen LogP contribution is -2.08. The monoisotopic (exact) mass is 398 g/mol. The second-order valence-electron chi connectivity index (χ2n) is 7.00. The molecule has 0 saturated heterocycles. The van der Waals surface area contributed by atoms with Crippen LogP contribution in [-0.2, 0) is 12.8 Å². The largest absolute Gasteiger partial charge is 0.507 e. The summed E-state index contributed by atoms with van der Waals surface area (Å²) in [5.74, 6) is -1.41. The van der Waals surface area contributed by atoms with E-state index in [9.17, 15) is 30.3 Å². The van der Waals surface area contributed by atoms with Crippen molar-refractivity contribution in [3.05, 3.63) is 57.5 Å². The van der Waals surface area contributed by atoms with Gasteiger partial charge in [0.05, 0.1) is 5.56 Å². The van der Waals surface area contributed by atoms with E-state index in [1.54, 1.807) is 0 Å². The second kappa shape index (κ2) is 7.89. The Hall–Kier alpha value is -3.45. The first-order chi connectivity index (χ1) is 13.8. The van der Waals surface area contributed by atoms with E-state index in [1.165, 1.54) is 24.5 Å². The van der Waals surface area contributed by atoms with Crippen LogP contribution in [0.2, 0.25) is 0 Å². The average molecular weight is 398 g/mol. The highest BCUT2D eigenvalue weighted by Crippen LogP contribution is 2.40. The van der Waals surface area contributed by atoms with Crippen molar-refractivity contribution in [2.24, 2.45) is 0 Å². The molecule has 0 atom stereocenters. The van der Waals surface area contributed by atoms with E-state index < -0.39 is 16.9 Å². The summed E-state index contributed by atoms with van der Waals surface area (Å²) in [6, 6.07) is 3.88. The van der Waals surface area contributed by atoms with Crippen LogP contribution in [-0.4, -0.2) is 32.1 Å². The van der Waals surface area contributed by atoms with E-state index in [1.807, 2.05) is 19.9 Å². The molecule has 7 heteroatoms. The molecule has 5 N–H and O–H groups in total. The minimum absolute atomic E-state index is 0.0426. The fourth-order valence-corrected chi connectivity index (χ4v) is 3.19. The molecular formula is C22H22O7. The van der Waals surface area contributed by atoms with Gasteiger partial charge in [0.1, 0.15) is 28.7 Å². The third kappa shape index (κ3) is 3.64. The first-order valence-electron chi connectivity index (χ1n) is 9.04. The Kier molecular flexibility index (Phi) is 5.52. The van der Waals surface area contributed by atoms with Crippen molar-refractivity contribution < 1.29 is 29.9 Å². The summed E-state index contributed by atoms with van der Waals surface area (Å²) in [7, 11) is 0. The number of allylic oxidation sites excluding steroid dienone is 2. The van der Waals surface area contributed by atoms with E-state index in [4.69, 9.17) is 4.42 Å². The van der Waals surface area contributed by atoms with Crippen molar-refractivity contribution in [1.29, 1.82) is 0 Å². The predicted molar refractivity (Wildman–Crippen MR) is 109 cm³/mol. The zero-order chi connectivity index (χ0) is 21.3. The fraction of sp³-hybridized carbons (Fsp3) is 0.227. The molecule has 7 nitrogen and oxygen atoms in total. The number of hydrogen-bond donors (Lipinski definition) is 5. The summed E-state index contributed by atoms with van der Waals surface area (Å²) in [6.07, 6.45) is 3.26. The molecule has 2 aromatic carbocycles. The number of aliphatic hydroxyl groups is 1. The number of phenols is 4. The van der Waals surface area contributed by atoms with Crippen LogP contribution in [0.15, 0.2) is 45.3 Å². The summed E-state index contributed by atoms with van der Waals surface area (Å²) in [5.41, 5.74) is 1.24. The summed E-state index contributed by atoms with van der Waals surface area (Å²) in [6.45, 7) is 3.45. The first kappa shape index (κ1) is 20.3. The Bertz CT molecular complexity index is 1170. The molecule has 0 spiro atoms. The maximum atomic E-state index is 13.2. The number of aliphatic hydroxyl groups excluding tert-OH is 1. The number of aromatic hydroxyl groups is 4. The van der Waals surface area contributed by atoms with Crippen molar-refractivity contribution >= 4 is 11.0 Å². The van der Waals surface area contributed by atoms with Gasteiger partial charge in [0.25, 0.3) is 0 Å². The molecule has 0 bridgehead atoms. The average Bonchev–Trinajstić information content (AvgIpc) is 2.67. The Morgan fingerprint density at radius 1 is 1.03 bits per heavy atom. The van der Waals surface area contributed by atoms with Crippen molar-refractivity contribution in [3.8, 4) is 34.1 Å². The predicted octanol–water partition coefficient (Wildman–Crippen LogP) is 3.33. The van der Waals surface area contributed by atoms with Crippen LogP contribution >= 0.6 is 0 Å². The molecule has 152 valence electrons. The normalized spacial score (nSPS) is 11.0. The van der Waals surface area contributed by atoms with Crippen molar-refractivity contribution in [3.63, 3.8) is 0 Å². The fourth-order valence-electron chi connectivity index (χ4n) is 3.19. The number of rotatable bonds is 5. The van der Waals surface area contributed by atoms with Gasteiger partial charge in [-0.25, -0.2) is 0 Å². The number of fused-ring (bicyclic) bond motifs is 1. The van der Waals surface area contributed by atoms with Crippen molar-refractivity contribution in [2.45, 2.75) is 26.7 Å². The van der Waals surface area contributed by atoms with Gasteiger partial charge in [-0.1, -0.05) is 17.7 Å². The lowest BCUT2D eigenvalue weighted by atomic mass is 9.96. The topological polar surface area (TPSA) is 131 Å². The summed E-state index contributed by atoms with van der Waals surface area (Å²) in [4.78, 5) is 13.2. The van der Waals surface area contributed by atoms with Gasteiger partial charge in [0.2, 0.25) is 5.43 Å². The third-order valence-electron chi connectivity index (χ3n) is 4.72. The van der Waals surface area contributed by atoms with E-state index in [-0.39, 0.29) is 58.6 Å². The standard InChI is InChI=1S/C22H22O7/c1-11(2)3-5-14-19(26)13(7-8-23)20(27)18-21(28)15(10-29-22(14)18)12-4-6-16(24)17(25)9-12/h3-4,6,9-10,23-27H,5,7-8H2,1-2H3. The molecular weight excluding hydrogens is 376 g/mol. The molecule has 3 rings (SSSR count). The van der Waals surface area contributed by atoms with Gasteiger partial charge >= 0.3 is 0 Å². The summed E-state index contributed by atoms with van der Waals surface area (Å²) in [5, 5.41) is 49.7. The first-order valence-corrected chi connectivity index (χ1v) is 9.04. The summed E-state index contributed by atoms with van der Waals surface area (Å²) < 4.78 is 5.65. The molecule has 0 amide bonds. The summed E-state index contributed by atoms with van der Waals surface area (Å²) >= 11 is 0. The third-order valence-corrected chi connectivity index (χ3v) is 4.72. The van der Waals surface area contributed by atoms with Crippen LogP contribution in [0.4, 0.5) is 0 Å². The number of benzene rings is 2. The molecule has 1 heterocycles. The second-order valence-corrected chi connectivity index (χ2v) is 7.00. The molecule has 0 unspecified atom stereocenters.